The SMILES string of the molecule is Cl.Nc1c(Cl)ccc2c1CNCC2. The predicted molar refractivity (Wildman–Crippen MR) is 58.5 cm³/mol. The zero-order valence-corrected chi connectivity index (χ0v) is 8.71. The first kappa shape index (κ1) is 10.6. The molecule has 0 radical (unpaired) electrons. The number of hydrogen-bond donors (Lipinski definition) is 2. The van der Waals surface area contributed by atoms with Crippen LogP contribution in [0.25, 0.3) is 0 Å². The first-order valence-corrected chi connectivity index (χ1v) is 4.43. The Labute approximate surface area is 88.9 Å². The van der Waals surface area contributed by atoms with Gasteiger partial charge in [-0.15, -0.1) is 12.4 Å². The summed E-state index contributed by atoms with van der Waals surface area (Å²) in [6.45, 7) is 1.88. The number of benzene rings is 1. The van der Waals surface area contributed by atoms with Crippen LogP contribution in [0.4, 0.5) is 5.69 Å². The maximum absolute atomic E-state index is 5.89. The summed E-state index contributed by atoms with van der Waals surface area (Å²) < 4.78 is 0. The van der Waals surface area contributed by atoms with Gasteiger partial charge in [-0.2, -0.15) is 0 Å². The molecule has 2 rings (SSSR count). The molecular formula is C9H12Cl2N2. The van der Waals surface area contributed by atoms with Gasteiger partial charge in [0.25, 0.3) is 0 Å². The molecule has 1 heterocycles. The Kier molecular flexibility index (Phi) is 3.42. The molecule has 0 aromatic heterocycles. The summed E-state index contributed by atoms with van der Waals surface area (Å²) in [6, 6.07) is 3.94. The molecule has 1 aromatic rings. The van der Waals surface area contributed by atoms with Crippen molar-refractivity contribution >= 4 is 29.7 Å². The number of fused-ring (bicyclic) bond motifs is 1. The standard InChI is InChI=1S/C9H11ClN2.ClH/c10-8-2-1-6-3-4-12-5-7(6)9(8)11;/h1-2,12H,3-5,11H2;1H. The lowest BCUT2D eigenvalue weighted by atomic mass is 10.00. The lowest BCUT2D eigenvalue weighted by Gasteiger charge is -2.19. The molecule has 0 amide bonds. The number of nitrogens with two attached hydrogens (primary N) is 1. The molecule has 1 aromatic carbocycles. The van der Waals surface area contributed by atoms with Crippen molar-refractivity contribution in [3.63, 3.8) is 0 Å². The van der Waals surface area contributed by atoms with Crippen molar-refractivity contribution in [3.8, 4) is 0 Å². The first-order valence-electron chi connectivity index (χ1n) is 4.05. The normalized spacial score (nSPS) is 14.5. The fourth-order valence-electron chi connectivity index (χ4n) is 1.56. The quantitative estimate of drug-likeness (QED) is 0.655. The maximum atomic E-state index is 5.89. The molecule has 1 aliphatic rings. The van der Waals surface area contributed by atoms with Crippen LogP contribution in [0.1, 0.15) is 11.1 Å². The average molecular weight is 219 g/mol. The van der Waals surface area contributed by atoms with Crippen LogP contribution in [0, 0.1) is 0 Å². The number of anilines is 1. The Morgan fingerprint density at radius 3 is 2.92 bits per heavy atom. The molecule has 72 valence electrons. The molecule has 4 heteroatoms. The first-order chi connectivity index (χ1) is 5.79. The molecule has 1 aliphatic heterocycles. The Hall–Kier alpha value is -0.440. The Morgan fingerprint density at radius 2 is 2.15 bits per heavy atom. The van der Waals surface area contributed by atoms with Crippen LogP contribution in [0.2, 0.25) is 5.02 Å². The number of rotatable bonds is 0. The summed E-state index contributed by atoms with van der Waals surface area (Å²) in [5, 5.41) is 3.93. The monoisotopic (exact) mass is 218 g/mol. The van der Waals surface area contributed by atoms with Crippen LogP contribution >= 0.6 is 24.0 Å². The summed E-state index contributed by atoms with van der Waals surface area (Å²) in [6.07, 6.45) is 1.05. The van der Waals surface area contributed by atoms with Gasteiger partial charge in [0, 0.05) is 6.54 Å². The van der Waals surface area contributed by atoms with E-state index in [2.05, 4.69) is 11.4 Å². The van der Waals surface area contributed by atoms with Gasteiger partial charge < -0.3 is 11.1 Å². The van der Waals surface area contributed by atoms with Gasteiger partial charge in [-0.05, 0) is 30.2 Å². The van der Waals surface area contributed by atoms with Crippen LogP contribution in [-0.4, -0.2) is 6.54 Å². The molecule has 3 N–H and O–H groups in total. The van der Waals surface area contributed by atoms with Gasteiger partial charge in [0.2, 0.25) is 0 Å². The van der Waals surface area contributed by atoms with E-state index in [1.54, 1.807) is 0 Å². The third-order valence-electron chi connectivity index (χ3n) is 2.27. The van der Waals surface area contributed by atoms with Crippen molar-refractivity contribution in [2.75, 3.05) is 12.3 Å². The highest BCUT2D eigenvalue weighted by Gasteiger charge is 2.12. The second kappa shape index (κ2) is 4.18. The lowest BCUT2D eigenvalue weighted by Crippen LogP contribution is -2.24. The van der Waals surface area contributed by atoms with Gasteiger partial charge in [0.05, 0.1) is 10.7 Å². The van der Waals surface area contributed by atoms with Gasteiger partial charge in [0.15, 0.2) is 0 Å². The molecule has 0 saturated heterocycles. The molecule has 2 nitrogen and oxygen atoms in total. The molecular weight excluding hydrogens is 207 g/mol. The summed E-state index contributed by atoms with van der Waals surface area (Å²) in [7, 11) is 0. The summed E-state index contributed by atoms with van der Waals surface area (Å²) >= 11 is 5.89. The lowest BCUT2D eigenvalue weighted by molar-refractivity contribution is 0.645. The van der Waals surface area contributed by atoms with Crippen molar-refractivity contribution in [1.82, 2.24) is 5.32 Å². The molecule has 0 fully saturated rings. The van der Waals surface area contributed by atoms with Gasteiger partial charge in [-0.25, -0.2) is 0 Å². The summed E-state index contributed by atoms with van der Waals surface area (Å²) in [5.41, 5.74) is 9.07. The number of nitrogen functional groups attached to an aromatic ring is 1. The number of nitrogens with one attached hydrogen (secondary N) is 1. The molecule has 0 atom stereocenters. The Morgan fingerprint density at radius 1 is 1.38 bits per heavy atom. The van der Waals surface area contributed by atoms with E-state index in [-0.39, 0.29) is 12.4 Å². The molecule has 0 unspecified atom stereocenters. The number of halogens is 2. The van der Waals surface area contributed by atoms with Crippen LogP contribution in [0.5, 0.6) is 0 Å². The minimum Gasteiger partial charge on any atom is -0.397 e. The van der Waals surface area contributed by atoms with E-state index < -0.39 is 0 Å². The van der Waals surface area contributed by atoms with E-state index in [1.807, 2.05) is 6.07 Å². The van der Waals surface area contributed by atoms with E-state index in [1.165, 1.54) is 11.1 Å². The largest absolute Gasteiger partial charge is 0.397 e. The third kappa shape index (κ3) is 1.90. The molecule has 0 spiro atoms. The second-order valence-corrected chi connectivity index (χ2v) is 3.43. The fraction of sp³-hybridized carbons (Fsp3) is 0.333. The van der Waals surface area contributed by atoms with Gasteiger partial charge in [-0.1, -0.05) is 17.7 Å². The van der Waals surface area contributed by atoms with Gasteiger partial charge >= 0.3 is 0 Å². The highest BCUT2D eigenvalue weighted by molar-refractivity contribution is 6.33. The summed E-state index contributed by atoms with van der Waals surface area (Å²) in [4.78, 5) is 0. The summed E-state index contributed by atoms with van der Waals surface area (Å²) in [5.74, 6) is 0. The molecule has 0 saturated carbocycles. The van der Waals surface area contributed by atoms with Crippen LogP contribution < -0.4 is 11.1 Å². The van der Waals surface area contributed by atoms with Crippen LogP contribution in [0.3, 0.4) is 0 Å². The van der Waals surface area contributed by atoms with Crippen molar-refractivity contribution in [3.05, 3.63) is 28.3 Å². The van der Waals surface area contributed by atoms with Crippen molar-refractivity contribution in [2.24, 2.45) is 0 Å². The minimum atomic E-state index is 0. The van der Waals surface area contributed by atoms with Crippen molar-refractivity contribution < 1.29 is 0 Å². The highest BCUT2D eigenvalue weighted by atomic mass is 35.5. The van der Waals surface area contributed by atoms with Gasteiger partial charge in [0.1, 0.15) is 0 Å². The van der Waals surface area contributed by atoms with E-state index >= 15 is 0 Å². The van der Waals surface area contributed by atoms with E-state index in [0.29, 0.717) is 5.02 Å². The molecule has 0 aliphatic carbocycles. The van der Waals surface area contributed by atoms with Crippen LogP contribution in [-0.2, 0) is 13.0 Å². The Balaban J connectivity index is 0.000000845. The smallest absolute Gasteiger partial charge is 0.0638 e. The zero-order valence-electron chi connectivity index (χ0n) is 7.14. The maximum Gasteiger partial charge on any atom is 0.0638 e. The van der Waals surface area contributed by atoms with E-state index in [9.17, 15) is 0 Å². The topological polar surface area (TPSA) is 38.0 Å². The fourth-order valence-corrected chi connectivity index (χ4v) is 1.74. The second-order valence-electron chi connectivity index (χ2n) is 3.03. The Bertz CT molecular complexity index is 313. The predicted octanol–water partition coefficient (Wildman–Crippen LogP) is 1.99. The number of hydrogen-bond acceptors (Lipinski definition) is 2. The molecule has 13 heavy (non-hydrogen) atoms. The minimum absolute atomic E-state index is 0. The van der Waals surface area contributed by atoms with Crippen molar-refractivity contribution in [1.29, 1.82) is 0 Å². The highest BCUT2D eigenvalue weighted by Crippen LogP contribution is 2.27. The van der Waals surface area contributed by atoms with Crippen LogP contribution in [0.15, 0.2) is 12.1 Å². The van der Waals surface area contributed by atoms with E-state index in [0.717, 1.165) is 25.2 Å². The average Bonchev–Trinajstić information content (AvgIpc) is 2.12. The molecule has 0 bridgehead atoms. The van der Waals surface area contributed by atoms with E-state index in [4.69, 9.17) is 17.3 Å². The zero-order chi connectivity index (χ0) is 8.55. The third-order valence-corrected chi connectivity index (χ3v) is 2.60. The van der Waals surface area contributed by atoms with Crippen molar-refractivity contribution in [2.45, 2.75) is 13.0 Å². The van der Waals surface area contributed by atoms with Gasteiger partial charge in [-0.3, -0.25) is 0 Å².